The first-order valence-corrected chi connectivity index (χ1v) is 10.1. The van der Waals surface area contributed by atoms with Crippen LogP contribution in [0, 0.1) is 5.92 Å². The Balaban J connectivity index is 2.16. The maximum atomic E-state index is 13.0. The monoisotopic (exact) mass is 394 g/mol. The van der Waals surface area contributed by atoms with Crippen molar-refractivity contribution in [3.05, 3.63) is 28.2 Å². The molecule has 0 spiro atoms. The number of aliphatic carboxylic acids is 1. The maximum Gasteiger partial charge on any atom is 0.329 e. The Bertz CT molecular complexity index is 690. The van der Waals surface area contributed by atoms with Crippen LogP contribution in [-0.2, 0) is 19.4 Å². The van der Waals surface area contributed by atoms with Crippen molar-refractivity contribution in [3.63, 3.8) is 0 Å². The molecule has 1 fully saturated rings. The summed E-state index contributed by atoms with van der Waals surface area (Å²) in [6.45, 7) is -0.115. The molecule has 0 amide bonds. The van der Waals surface area contributed by atoms with E-state index in [0.29, 0.717) is 12.8 Å². The van der Waals surface area contributed by atoms with Crippen molar-refractivity contribution < 1.29 is 23.1 Å². The highest BCUT2D eigenvalue weighted by atomic mass is 35.5. The predicted octanol–water partition coefficient (Wildman–Crippen LogP) is 3.82. The van der Waals surface area contributed by atoms with Crippen LogP contribution in [0.1, 0.15) is 32.1 Å². The fourth-order valence-corrected chi connectivity index (χ4v) is 5.71. The summed E-state index contributed by atoms with van der Waals surface area (Å²) in [5.41, 5.74) is 0. The van der Waals surface area contributed by atoms with Gasteiger partial charge in [0.15, 0.2) is 9.84 Å². The molecule has 1 aliphatic rings. The van der Waals surface area contributed by atoms with Crippen LogP contribution < -0.4 is 0 Å². The number of ether oxygens (including phenoxy) is 1. The van der Waals surface area contributed by atoms with E-state index in [1.165, 1.54) is 6.07 Å². The highest BCUT2D eigenvalue weighted by molar-refractivity contribution is 7.92. The Kier molecular flexibility index (Phi) is 6.92. The molecule has 0 heterocycles. The molecule has 1 aliphatic carbocycles. The third kappa shape index (κ3) is 4.85. The van der Waals surface area contributed by atoms with Crippen molar-refractivity contribution in [3.8, 4) is 0 Å². The molecule has 0 bridgehead atoms. The number of rotatable bonds is 6. The van der Waals surface area contributed by atoms with E-state index in [0.717, 1.165) is 19.3 Å². The average molecular weight is 395 g/mol. The number of hydrogen-bond acceptors (Lipinski definition) is 4. The number of carboxylic acid groups (broad SMARTS) is 1. The minimum atomic E-state index is -3.60. The number of halogens is 2. The second kappa shape index (κ2) is 8.52. The largest absolute Gasteiger partial charge is 0.480 e. The molecule has 134 valence electrons. The Morgan fingerprint density at radius 2 is 1.96 bits per heavy atom. The lowest BCUT2D eigenvalue weighted by atomic mass is 10.0. The van der Waals surface area contributed by atoms with Gasteiger partial charge in [0.2, 0.25) is 0 Å². The number of carbonyl (C=O) groups is 1. The summed E-state index contributed by atoms with van der Waals surface area (Å²) in [6, 6.07) is 4.61. The number of sulfone groups is 1. The van der Waals surface area contributed by atoms with E-state index < -0.39 is 21.1 Å². The van der Waals surface area contributed by atoms with Crippen molar-refractivity contribution in [1.82, 2.24) is 0 Å². The lowest BCUT2D eigenvalue weighted by Crippen LogP contribution is -2.25. The van der Waals surface area contributed by atoms with Gasteiger partial charge in [-0.15, -0.1) is 0 Å². The Labute approximate surface area is 151 Å². The van der Waals surface area contributed by atoms with E-state index in [2.05, 4.69) is 0 Å². The summed E-state index contributed by atoms with van der Waals surface area (Å²) in [6.07, 6.45) is 3.52. The Morgan fingerprint density at radius 3 is 2.67 bits per heavy atom. The quantitative estimate of drug-likeness (QED) is 0.741. The topological polar surface area (TPSA) is 80.7 Å². The van der Waals surface area contributed by atoms with Crippen LogP contribution in [0.2, 0.25) is 10.0 Å². The molecule has 2 rings (SSSR count). The van der Waals surface area contributed by atoms with Gasteiger partial charge in [-0.05, 0) is 37.3 Å². The smallest absolute Gasteiger partial charge is 0.329 e. The fourth-order valence-electron chi connectivity index (χ4n) is 3.04. The summed E-state index contributed by atoms with van der Waals surface area (Å²) in [5, 5.41) is 8.35. The second-order valence-electron chi connectivity index (χ2n) is 6.01. The van der Waals surface area contributed by atoms with Gasteiger partial charge in [0.05, 0.1) is 26.8 Å². The molecule has 2 unspecified atom stereocenters. The van der Waals surface area contributed by atoms with Crippen LogP contribution in [0.4, 0.5) is 0 Å². The van der Waals surface area contributed by atoms with Crippen molar-refractivity contribution in [2.24, 2.45) is 5.92 Å². The highest BCUT2D eigenvalue weighted by Crippen LogP contribution is 2.36. The summed E-state index contributed by atoms with van der Waals surface area (Å²) in [4.78, 5) is 10.6. The summed E-state index contributed by atoms with van der Waals surface area (Å²) in [5.74, 6) is -1.01. The minimum absolute atomic E-state index is 0.0181. The third-order valence-corrected chi connectivity index (χ3v) is 7.42. The molecule has 1 aromatic rings. The summed E-state index contributed by atoms with van der Waals surface area (Å²) in [7, 11) is -3.60. The van der Waals surface area contributed by atoms with Crippen LogP contribution in [-0.4, -0.2) is 38.0 Å². The lowest BCUT2D eigenvalue weighted by Gasteiger charge is -2.21. The van der Waals surface area contributed by atoms with E-state index in [-0.39, 0.29) is 34.1 Å². The van der Waals surface area contributed by atoms with Gasteiger partial charge in [-0.1, -0.05) is 42.1 Å². The van der Waals surface area contributed by atoms with Crippen LogP contribution in [0.25, 0.3) is 0 Å². The fraction of sp³-hybridized carbons (Fsp3) is 0.562. The Morgan fingerprint density at radius 1 is 1.25 bits per heavy atom. The molecule has 0 aromatic heterocycles. The van der Waals surface area contributed by atoms with Gasteiger partial charge in [-0.3, -0.25) is 0 Å². The van der Waals surface area contributed by atoms with Crippen LogP contribution in [0.5, 0.6) is 0 Å². The van der Waals surface area contributed by atoms with E-state index in [4.69, 9.17) is 33.0 Å². The SMILES string of the molecule is O=C(O)COCC1CCCCC(S(=O)(=O)c2cccc(Cl)c2Cl)C1. The van der Waals surface area contributed by atoms with Gasteiger partial charge in [0.25, 0.3) is 0 Å². The second-order valence-corrected chi connectivity index (χ2v) is 9.00. The molecule has 0 radical (unpaired) electrons. The lowest BCUT2D eigenvalue weighted by molar-refractivity contribution is -0.142. The molecular weight excluding hydrogens is 375 g/mol. The van der Waals surface area contributed by atoms with Crippen molar-refractivity contribution in [2.75, 3.05) is 13.2 Å². The molecule has 1 N–H and O–H groups in total. The molecule has 2 atom stereocenters. The van der Waals surface area contributed by atoms with Crippen molar-refractivity contribution in [1.29, 1.82) is 0 Å². The molecule has 24 heavy (non-hydrogen) atoms. The van der Waals surface area contributed by atoms with Crippen LogP contribution >= 0.6 is 23.2 Å². The highest BCUT2D eigenvalue weighted by Gasteiger charge is 2.33. The molecule has 0 aliphatic heterocycles. The van der Waals surface area contributed by atoms with Gasteiger partial charge >= 0.3 is 5.97 Å². The Hall–Kier alpha value is -0.820. The van der Waals surface area contributed by atoms with E-state index in [1.54, 1.807) is 12.1 Å². The molecule has 8 heteroatoms. The number of carboxylic acids is 1. The van der Waals surface area contributed by atoms with Crippen LogP contribution in [0.15, 0.2) is 23.1 Å². The summed E-state index contributed by atoms with van der Waals surface area (Å²) >= 11 is 12.0. The zero-order valence-corrected chi connectivity index (χ0v) is 15.4. The normalized spacial score (nSPS) is 22.1. The minimum Gasteiger partial charge on any atom is -0.480 e. The van der Waals surface area contributed by atoms with E-state index in [1.807, 2.05) is 0 Å². The summed E-state index contributed by atoms with van der Waals surface area (Å²) < 4.78 is 31.1. The molecule has 1 saturated carbocycles. The average Bonchev–Trinajstić information content (AvgIpc) is 2.75. The number of hydrogen-bond donors (Lipinski definition) is 1. The first-order valence-electron chi connectivity index (χ1n) is 7.80. The molecule has 0 saturated heterocycles. The van der Waals surface area contributed by atoms with Gasteiger partial charge in [-0.25, -0.2) is 13.2 Å². The molecule has 1 aromatic carbocycles. The molecule has 5 nitrogen and oxygen atoms in total. The number of benzene rings is 1. The van der Waals surface area contributed by atoms with Gasteiger partial charge < -0.3 is 9.84 Å². The van der Waals surface area contributed by atoms with Crippen molar-refractivity contribution in [2.45, 2.75) is 42.2 Å². The van der Waals surface area contributed by atoms with E-state index in [9.17, 15) is 13.2 Å². The first-order chi connectivity index (χ1) is 11.3. The van der Waals surface area contributed by atoms with Crippen molar-refractivity contribution >= 4 is 39.0 Å². The maximum absolute atomic E-state index is 13.0. The van der Waals surface area contributed by atoms with E-state index >= 15 is 0 Å². The third-order valence-electron chi connectivity index (χ3n) is 4.23. The van der Waals surface area contributed by atoms with Gasteiger partial charge in [-0.2, -0.15) is 0 Å². The zero-order valence-electron chi connectivity index (χ0n) is 13.1. The van der Waals surface area contributed by atoms with Gasteiger partial charge in [0.1, 0.15) is 6.61 Å². The van der Waals surface area contributed by atoms with Gasteiger partial charge in [0, 0.05) is 0 Å². The standard InChI is InChI=1S/C16H20Cl2O5S/c17-13-6-3-7-14(16(13)18)24(21,22)12-5-2-1-4-11(8-12)9-23-10-15(19)20/h3,6-7,11-12H,1-2,4-5,8-10H2,(H,19,20). The molecular formula is C16H20Cl2O5S. The van der Waals surface area contributed by atoms with Crippen LogP contribution in [0.3, 0.4) is 0 Å². The first kappa shape index (κ1) is 19.5. The zero-order chi connectivity index (χ0) is 17.7. The predicted molar refractivity (Wildman–Crippen MR) is 92.5 cm³/mol.